The lowest BCUT2D eigenvalue weighted by molar-refractivity contribution is -0.125. The first-order valence-corrected chi connectivity index (χ1v) is 8.67. The summed E-state index contributed by atoms with van der Waals surface area (Å²) in [5.41, 5.74) is 4.74. The number of carboxylic acid groups (broad SMARTS) is 1. The van der Waals surface area contributed by atoms with Crippen LogP contribution in [-0.4, -0.2) is 34.2 Å². The summed E-state index contributed by atoms with van der Waals surface area (Å²) in [6, 6.07) is 6.06. The Bertz CT molecular complexity index is 983. The second-order valence-electron chi connectivity index (χ2n) is 5.83. The first-order chi connectivity index (χ1) is 13.9. The lowest BCUT2D eigenvalue weighted by Gasteiger charge is -2.09. The van der Waals surface area contributed by atoms with Gasteiger partial charge in [-0.1, -0.05) is 18.7 Å². The van der Waals surface area contributed by atoms with Gasteiger partial charge in [-0.05, 0) is 36.8 Å². The molecule has 0 aromatic heterocycles. The molecule has 0 saturated heterocycles. The highest BCUT2D eigenvalue weighted by molar-refractivity contribution is 7.96. The maximum atomic E-state index is 13.7. The van der Waals surface area contributed by atoms with Crippen LogP contribution in [0.25, 0.3) is 11.1 Å². The molecule has 4 N–H and O–H groups in total. The van der Waals surface area contributed by atoms with E-state index in [1.165, 1.54) is 32.0 Å². The van der Waals surface area contributed by atoms with Gasteiger partial charge in [-0.3, -0.25) is 9.59 Å². The van der Waals surface area contributed by atoms with Crippen molar-refractivity contribution in [3.63, 3.8) is 0 Å². The minimum Gasteiger partial charge on any atom is -0.478 e. The van der Waals surface area contributed by atoms with Crippen LogP contribution in [0.2, 0.25) is 0 Å². The molecule has 0 aliphatic rings. The zero-order valence-corrected chi connectivity index (χ0v) is 16.7. The minimum absolute atomic E-state index is 0.0302. The van der Waals surface area contributed by atoms with Gasteiger partial charge in [-0.25, -0.2) is 18.4 Å². The van der Waals surface area contributed by atoms with E-state index in [1.54, 1.807) is 0 Å². The van der Waals surface area contributed by atoms with Gasteiger partial charge >= 0.3 is 11.3 Å². The highest BCUT2D eigenvalue weighted by Crippen LogP contribution is 2.29. The molecule has 2 aromatic rings. The Morgan fingerprint density at radius 2 is 1.77 bits per heavy atom. The number of carboxylic acids is 1. The summed E-state index contributed by atoms with van der Waals surface area (Å²) in [5, 5.41) is 10.4. The number of benzene rings is 2. The molecule has 1 unspecified atom stereocenters. The van der Waals surface area contributed by atoms with Crippen molar-refractivity contribution in [1.29, 1.82) is 0 Å². The molecule has 0 saturated carbocycles. The predicted octanol–water partition coefficient (Wildman–Crippen LogP) is 2.75. The molecule has 0 heterocycles. The van der Waals surface area contributed by atoms with E-state index >= 15 is 0 Å². The minimum atomic E-state index is -1.36. The van der Waals surface area contributed by atoms with Gasteiger partial charge in [-0.2, -0.15) is 0 Å². The standard InChI is InChI=1S/C14H8F2O4S.C5H10N2O2/c15-8-2-3-9(11(16)6-8)7-1-4-12(20-14(19)21)10(5-7)13(17)18;1-3(5(6)9)7-4(2)8/h1-6H,(H,17,18)(H,19,21);3H,1-2H3,(H2,6,9)(H,7,8). The Kier molecular flexibility index (Phi) is 8.93. The van der Waals surface area contributed by atoms with Gasteiger partial charge in [-0.15, -0.1) is 0 Å². The average molecular weight is 440 g/mol. The Morgan fingerprint density at radius 1 is 1.13 bits per heavy atom. The summed E-state index contributed by atoms with van der Waals surface area (Å²) in [6.45, 7) is 2.86. The van der Waals surface area contributed by atoms with Crippen LogP contribution in [0.3, 0.4) is 0 Å². The van der Waals surface area contributed by atoms with Crippen LogP contribution in [-0.2, 0) is 9.59 Å². The lowest BCUT2D eigenvalue weighted by atomic mass is 10.0. The van der Waals surface area contributed by atoms with Crippen molar-refractivity contribution >= 4 is 35.7 Å². The number of hydrogen-bond donors (Lipinski definition) is 4. The highest BCUT2D eigenvalue weighted by Gasteiger charge is 2.16. The summed E-state index contributed by atoms with van der Waals surface area (Å²) in [7, 11) is 0. The fourth-order valence-electron chi connectivity index (χ4n) is 2.15. The van der Waals surface area contributed by atoms with Crippen molar-refractivity contribution in [1.82, 2.24) is 5.32 Å². The van der Waals surface area contributed by atoms with E-state index in [0.717, 1.165) is 12.1 Å². The molecule has 0 bridgehead atoms. The third kappa shape index (κ3) is 7.51. The summed E-state index contributed by atoms with van der Waals surface area (Å²) >= 11 is 3.39. The molecule has 0 radical (unpaired) electrons. The fraction of sp³-hybridized carbons (Fsp3) is 0.158. The number of amides is 2. The Hall–Kier alpha value is -3.47. The molecule has 2 rings (SSSR count). The first-order valence-electron chi connectivity index (χ1n) is 8.22. The number of primary amides is 1. The second kappa shape index (κ2) is 10.9. The third-order valence-corrected chi connectivity index (χ3v) is 3.59. The fourth-order valence-corrected chi connectivity index (χ4v) is 2.25. The zero-order chi connectivity index (χ0) is 23.0. The Labute approximate surface area is 175 Å². The molecule has 0 aliphatic carbocycles. The van der Waals surface area contributed by atoms with Gasteiger partial charge in [0.2, 0.25) is 11.8 Å². The van der Waals surface area contributed by atoms with Gasteiger partial charge in [0.15, 0.2) is 0 Å². The molecular formula is C19H18F2N2O6S. The number of carbonyl (C=O) groups is 4. The zero-order valence-electron chi connectivity index (χ0n) is 15.8. The number of hydrogen-bond acceptors (Lipinski definition) is 5. The third-order valence-electron chi connectivity index (χ3n) is 3.50. The van der Waals surface area contributed by atoms with Crippen molar-refractivity contribution in [3.8, 4) is 16.9 Å². The topological polar surface area (TPSA) is 136 Å². The van der Waals surface area contributed by atoms with Crippen LogP contribution < -0.4 is 15.8 Å². The van der Waals surface area contributed by atoms with Crippen LogP contribution in [0.4, 0.5) is 13.6 Å². The Morgan fingerprint density at radius 3 is 2.20 bits per heavy atom. The smallest absolute Gasteiger partial charge is 0.369 e. The molecule has 0 spiro atoms. The Balaban J connectivity index is 0.000000424. The number of ether oxygens (including phenoxy) is 1. The van der Waals surface area contributed by atoms with E-state index < -0.39 is 34.9 Å². The van der Waals surface area contributed by atoms with Crippen LogP contribution >= 0.6 is 12.6 Å². The average Bonchev–Trinajstić information content (AvgIpc) is 2.61. The number of halogens is 2. The first kappa shape index (κ1) is 24.6. The van der Waals surface area contributed by atoms with Crippen LogP contribution in [0.1, 0.15) is 24.2 Å². The quantitative estimate of drug-likeness (QED) is 0.417. The van der Waals surface area contributed by atoms with Crippen LogP contribution in [0.15, 0.2) is 36.4 Å². The van der Waals surface area contributed by atoms with E-state index in [0.29, 0.717) is 6.07 Å². The maximum Gasteiger partial charge on any atom is 0.369 e. The van der Waals surface area contributed by atoms with Gasteiger partial charge in [0.25, 0.3) is 0 Å². The second-order valence-corrected chi connectivity index (χ2v) is 6.20. The number of thiol groups is 1. The van der Waals surface area contributed by atoms with Crippen molar-refractivity contribution in [2.75, 3.05) is 0 Å². The predicted molar refractivity (Wildman–Crippen MR) is 106 cm³/mol. The summed E-state index contributed by atoms with van der Waals surface area (Å²) < 4.78 is 31.2. The van der Waals surface area contributed by atoms with Crippen molar-refractivity contribution in [3.05, 3.63) is 53.6 Å². The summed E-state index contributed by atoms with van der Waals surface area (Å²) in [6.07, 6.45) is 0. The van der Waals surface area contributed by atoms with Crippen LogP contribution in [0.5, 0.6) is 5.75 Å². The number of nitrogens with two attached hydrogens (primary N) is 1. The van der Waals surface area contributed by atoms with Crippen molar-refractivity contribution < 1.29 is 37.8 Å². The van der Waals surface area contributed by atoms with Crippen molar-refractivity contribution in [2.45, 2.75) is 19.9 Å². The molecule has 160 valence electrons. The molecule has 0 aliphatic heterocycles. The molecule has 1 atom stereocenters. The maximum absolute atomic E-state index is 13.7. The number of nitrogens with one attached hydrogen (secondary N) is 1. The van der Waals surface area contributed by atoms with Gasteiger partial charge in [0, 0.05) is 18.6 Å². The molecule has 8 nitrogen and oxygen atoms in total. The highest BCUT2D eigenvalue weighted by atomic mass is 32.1. The normalized spacial score (nSPS) is 10.8. The SMILES string of the molecule is CC(=O)NC(C)C(N)=O.O=C(S)Oc1ccc(-c2ccc(F)cc2F)cc1C(=O)O. The lowest BCUT2D eigenvalue weighted by Crippen LogP contribution is -2.41. The van der Waals surface area contributed by atoms with E-state index in [4.69, 9.17) is 10.8 Å². The van der Waals surface area contributed by atoms with E-state index in [2.05, 4.69) is 22.7 Å². The van der Waals surface area contributed by atoms with Gasteiger partial charge in [0.1, 0.15) is 29.0 Å². The van der Waals surface area contributed by atoms with E-state index in [9.17, 15) is 28.0 Å². The number of carbonyl (C=O) groups excluding carboxylic acids is 3. The van der Waals surface area contributed by atoms with E-state index in [-0.39, 0.29) is 28.3 Å². The molecule has 2 amide bonds. The molecule has 11 heteroatoms. The molecular weight excluding hydrogens is 422 g/mol. The largest absolute Gasteiger partial charge is 0.478 e. The van der Waals surface area contributed by atoms with Crippen LogP contribution in [0, 0.1) is 11.6 Å². The van der Waals surface area contributed by atoms with E-state index in [1.807, 2.05) is 0 Å². The van der Waals surface area contributed by atoms with Gasteiger partial charge < -0.3 is 20.9 Å². The molecule has 0 fully saturated rings. The summed E-state index contributed by atoms with van der Waals surface area (Å²) in [4.78, 5) is 42.4. The van der Waals surface area contributed by atoms with Crippen molar-refractivity contribution in [2.24, 2.45) is 5.73 Å². The number of rotatable bonds is 5. The monoisotopic (exact) mass is 440 g/mol. The van der Waals surface area contributed by atoms with Gasteiger partial charge in [0.05, 0.1) is 0 Å². The molecule has 30 heavy (non-hydrogen) atoms. The summed E-state index contributed by atoms with van der Waals surface area (Å²) in [5.74, 6) is -3.91. The molecule has 2 aromatic carbocycles. The number of aromatic carboxylic acids is 1.